The predicted octanol–water partition coefficient (Wildman–Crippen LogP) is 4.02. The lowest BCUT2D eigenvalue weighted by atomic mass is 9.89. The van der Waals surface area contributed by atoms with Gasteiger partial charge >= 0.3 is 38.1 Å². The van der Waals surface area contributed by atoms with E-state index < -0.39 is 50.2 Å². The topological polar surface area (TPSA) is 166 Å². The molecule has 0 saturated heterocycles. The van der Waals surface area contributed by atoms with Crippen molar-refractivity contribution in [3.05, 3.63) is 0 Å². The molecule has 17 heteroatoms. The first kappa shape index (κ1) is 47.6. The molecule has 2 N–H and O–H groups in total. The first-order chi connectivity index (χ1) is 22.6. The van der Waals surface area contributed by atoms with Crippen molar-refractivity contribution in [1.29, 1.82) is 0 Å². The summed E-state index contributed by atoms with van der Waals surface area (Å²) < 4.78 is 47.4. The number of Topliss-reactive ketones (excluding diaryl/α,β-unsaturated/α-hetero) is 2. The molecule has 0 aliphatic heterocycles. The molecule has 0 spiro atoms. The quantitative estimate of drug-likeness (QED) is 0.0869. The number of nitrogens with one attached hydrogen (secondary N) is 2. The van der Waals surface area contributed by atoms with Crippen molar-refractivity contribution < 1.29 is 54.6 Å². The number of hydrogen-bond donors (Lipinski definition) is 2. The number of hydrogen-bond acceptors (Lipinski definition) is 14. The molecule has 0 saturated carbocycles. The fraction of sp³-hybridized carbons (Fsp3) is 0.875. The Bertz CT molecular complexity index is 1040. The van der Waals surface area contributed by atoms with Crippen LogP contribution in [0, 0.1) is 10.8 Å². The van der Waals surface area contributed by atoms with Crippen LogP contribution in [-0.2, 0) is 54.6 Å². The molecule has 0 aromatic rings. The summed E-state index contributed by atoms with van der Waals surface area (Å²) in [4.78, 5) is 48.4. The van der Waals surface area contributed by atoms with Crippen LogP contribution in [0.15, 0.2) is 0 Å². The van der Waals surface area contributed by atoms with E-state index in [-0.39, 0.29) is 48.5 Å². The van der Waals surface area contributed by atoms with Gasteiger partial charge in [0.15, 0.2) is 0 Å². The van der Waals surface area contributed by atoms with Gasteiger partial charge in [0, 0.05) is 60.0 Å². The van der Waals surface area contributed by atoms with Crippen molar-refractivity contribution in [2.75, 3.05) is 54.7 Å². The van der Waals surface area contributed by atoms with E-state index >= 15 is 0 Å². The zero-order valence-electron chi connectivity index (χ0n) is 32.6. The summed E-state index contributed by atoms with van der Waals surface area (Å²) in [6.07, 6.45) is 1.29. The van der Waals surface area contributed by atoms with Crippen LogP contribution in [0.1, 0.15) is 81.1 Å². The third kappa shape index (κ3) is 18.6. The Morgan fingerprint density at radius 2 is 1.06 bits per heavy atom. The maximum absolute atomic E-state index is 12.6. The summed E-state index contributed by atoms with van der Waals surface area (Å²) in [5, 5.41) is 6.45. The third-order valence-electron chi connectivity index (χ3n) is 8.15. The van der Waals surface area contributed by atoms with E-state index in [0.29, 0.717) is 38.0 Å². The second kappa shape index (κ2) is 21.9. The molecule has 0 fully saturated rings. The minimum Gasteiger partial charge on any atom is -0.466 e. The molecule has 0 bridgehead atoms. The summed E-state index contributed by atoms with van der Waals surface area (Å²) in [6, 6.07) is -0.405. The van der Waals surface area contributed by atoms with Crippen molar-refractivity contribution in [3.63, 3.8) is 0 Å². The maximum atomic E-state index is 12.6. The number of rotatable bonds is 28. The molecule has 0 aromatic heterocycles. The standard InChI is InChI=1S/C32H66N2O12Si3/c1-15-43-29(37)22-28(30(38)44-16-2)34-24-32(7,8)18-20-49(41-11,42-12)46-47(13,14)45-48(39-9,40-10)19-17-31(5,6)23-33-27(26(4)36)21-25(3)35/h27-28,33-34H,15-24H2,1-14H3. The monoisotopic (exact) mass is 754 g/mol. The van der Waals surface area contributed by atoms with Gasteiger partial charge in [-0.05, 0) is 64.5 Å². The summed E-state index contributed by atoms with van der Waals surface area (Å²) in [5.74, 6) is -1.10. The SMILES string of the molecule is CCOC(=O)CC(NCC(C)(C)CC[Si](OC)(OC)O[Si](C)(C)O[Si](CCC(C)(C)CNC(CC(C)=O)C(C)=O)(OC)OC)C(=O)OCC. The zero-order chi connectivity index (χ0) is 38.1. The molecular formula is C32H66N2O12Si3. The van der Waals surface area contributed by atoms with Crippen molar-refractivity contribution in [2.24, 2.45) is 10.8 Å². The van der Waals surface area contributed by atoms with Crippen LogP contribution in [0.4, 0.5) is 0 Å². The van der Waals surface area contributed by atoms with Crippen LogP contribution in [0.25, 0.3) is 0 Å². The molecule has 2 atom stereocenters. The van der Waals surface area contributed by atoms with Crippen LogP contribution in [0.3, 0.4) is 0 Å². The minimum absolute atomic E-state index is 0.0445. The highest BCUT2D eigenvalue weighted by molar-refractivity contribution is 6.82. The van der Waals surface area contributed by atoms with Crippen molar-refractivity contribution in [2.45, 2.75) is 118 Å². The van der Waals surface area contributed by atoms with E-state index in [1.807, 2.05) is 26.9 Å². The molecule has 2 unspecified atom stereocenters. The highest BCUT2D eigenvalue weighted by Gasteiger charge is 2.52. The lowest BCUT2D eigenvalue weighted by molar-refractivity contribution is -0.152. The average Bonchev–Trinajstić information content (AvgIpc) is 3.01. The Kier molecular flexibility index (Phi) is 21.2. The highest BCUT2D eigenvalue weighted by Crippen LogP contribution is 2.33. The summed E-state index contributed by atoms with van der Waals surface area (Å²) in [5.41, 5.74) is -0.622. The molecule has 288 valence electrons. The summed E-state index contributed by atoms with van der Waals surface area (Å²) >= 11 is 0. The number of esters is 2. The molecule has 49 heavy (non-hydrogen) atoms. The van der Waals surface area contributed by atoms with Gasteiger partial charge in [-0.3, -0.25) is 19.2 Å². The molecule has 0 aliphatic carbocycles. The van der Waals surface area contributed by atoms with Crippen LogP contribution >= 0.6 is 0 Å². The van der Waals surface area contributed by atoms with E-state index in [1.165, 1.54) is 13.8 Å². The second-order valence-electron chi connectivity index (χ2n) is 14.3. The van der Waals surface area contributed by atoms with E-state index in [1.54, 1.807) is 42.3 Å². The van der Waals surface area contributed by atoms with Gasteiger partial charge in [0.1, 0.15) is 17.6 Å². The van der Waals surface area contributed by atoms with Crippen molar-refractivity contribution in [1.82, 2.24) is 10.6 Å². The van der Waals surface area contributed by atoms with Gasteiger partial charge in [-0.2, -0.15) is 0 Å². The molecule has 0 aromatic carbocycles. The smallest absolute Gasteiger partial charge is 0.466 e. The number of ketones is 2. The van der Waals surface area contributed by atoms with Gasteiger partial charge in [-0.25, -0.2) is 0 Å². The first-order valence-corrected chi connectivity index (χ1v) is 23.7. The predicted molar refractivity (Wildman–Crippen MR) is 193 cm³/mol. The van der Waals surface area contributed by atoms with Gasteiger partial charge in [0.25, 0.3) is 0 Å². The Morgan fingerprint density at radius 3 is 1.41 bits per heavy atom. The largest absolute Gasteiger partial charge is 0.491 e. The van der Waals surface area contributed by atoms with Gasteiger partial charge in [0.2, 0.25) is 0 Å². The Balaban J connectivity index is 5.66. The summed E-state index contributed by atoms with van der Waals surface area (Å²) in [6.45, 7) is 19.8. The lowest BCUT2D eigenvalue weighted by Crippen LogP contribution is -2.60. The lowest BCUT2D eigenvalue weighted by Gasteiger charge is -2.40. The van der Waals surface area contributed by atoms with Crippen LogP contribution in [0.2, 0.25) is 25.2 Å². The van der Waals surface area contributed by atoms with Gasteiger partial charge in [-0.15, -0.1) is 0 Å². The zero-order valence-corrected chi connectivity index (χ0v) is 35.6. The van der Waals surface area contributed by atoms with E-state index in [0.717, 1.165) is 0 Å². The summed E-state index contributed by atoms with van der Waals surface area (Å²) in [7, 11) is -3.24. The van der Waals surface area contributed by atoms with Crippen LogP contribution in [-0.4, -0.2) is 117 Å². The van der Waals surface area contributed by atoms with Gasteiger partial charge < -0.3 is 46.0 Å². The second-order valence-corrected chi connectivity index (χ2v) is 24.1. The third-order valence-corrected chi connectivity index (χ3v) is 18.8. The van der Waals surface area contributed by atoms with Crippen LogP contribution < -0.4 is 10.6 Å². The molecular weight excluding hydrogens is 689 g/mol. The Hall–Kier alpha value is -1.39. The van der Waals surface area contributed by atoms with Crippen molar-refractivity contribution in [3.8, 4) is 0 Å². The molecule has 0 rings (SSSR count). The number of carbonyl (C=O) groups excluding carboxylic acids is 4. The Labute approximate surface area is 298 Å². The maximum Gasteiger partial charge on any atom is 0.491 e. The fourth-order valence-corrected chi connectivity index (χ4v) is 16.9. The number of carbonyl (C=O) groups is 4. The van der Waals surface area contributed by atoms with Crippen LogP contribution in [0.5, 0.6) is 0 Å². The average molecular weight is 755 g/mol. The van der Waals surface area contributed by atoms with Crippen molar-refractivity contribution >= 4 is 49.7 Å². The minimum atomic E-state index is -3.27. The van der Waals surface area contributed by atoms with E-state index in [4.69, 9.17) is 35.4 Å². The fourth-order valence-electron chi connectivity index (χ4n) is 5.09. The van der Waals surface area contributed by atoms with Gasteiger partial charge in [-0.1, -0.05) is 27.7 Å². The molecule has 0 radical (unpaired) electrons. The normalized spacial score (nSPS) is 14.3. The number of ether oxygens (including phenoxy) is 2. The molecule has 0 heterocycles. The molecule has 0 aliphatic rings. The molecule has 14 nitrogen and oxygen atoms in total. The first-order valence-electron chi connectivity index (χ1n) is 17.0. The Morgan fingerprint density at radius 1 is 0.653 bits per heavy atom. The molecule has 0 amide bonds. The van der Waals surface area contributed by atoms with E-state index in [2.05, 4.69) is 24.5 Å². The van der Waals surface area contributed by atoms with Gasteiger partial charge in [0.05, 0.1) is 25.7 Å². The van der Waals surface area contributed by atoms with E-state index in [9.17, 15) is 19.2 Å². The highest BCUT2D eigenvalue weighted by atomic mass is 28.5.